The molecule has 18 heavy (non-hydrogen) atoms. The molecule has 0 saturated carbocycles. The van der Waals surface area contributed by atoms with Gasteiger partial charge in [-0.3, -0.25) is 4.79 Å². The summed E-state index contributed by atoms with van der Waals surface area (Å²) in [6.45, 7) is 1.75. The molecule has 4 nitrogen and oxygen atoms in total. The number of carboxylic acid groups (broad SMARTS) is 1. The molecular weight excluding hydrogens is 248 g/mol. The summed E-state index contributed by atoms with van der Waals surface area (Å²) in [4.78, 5) is 17.5. The summed E-state index contributed by atoms with van der Waals surface area (Å²) in [6.07, 6.45) is 0. The van der Waals surface area contributed by atoms with Crippen LogP contribution in [0.4, 0.5) is 5.69 Å². The van der Waals surface area contributed by atoms with E-state index in [0.29, 0.717) is 0 Å². The quantitative estimate of drug-likeness (QED) is 0.911. The molecule has 1 aromatic rings. The number of para-hydroxylation sites is 1. The minimum absolute atomic E-state index is 0.00922. The number of hydrogen-bond donors (Lipinski definition) is 1. The average molecular weight is 264 g/mol. The fourth-order valence-electron chi connectivity index (χ4n) is 1.88. The number of carboxylic acids is 1. The number of hydrogen-bond acceptors (Lipinski definition) is 3. The van der Waals surface area contributed by atoms with Crippen LogP contribution in [-0.2, 0) is 4.79 Å². The van der Waals surface area contributed by atoms with Crippen molar-refractivity contribution < 1.29 is 9.90 Å². The molecule has 2 rings (SSSR count). The van der Waals surface area contributed by atoms with Crippen molar-refractivity contribution in [2.45, 2.75) is 13.0 Å². The Balaban J connectivity index is 2.14. The van der Waals surface area contributed by atoms with E-state index in [2.05, 4.69) is 4.99 Å². The smallest absolute Gasteiger partial charge is 0.308 e. The summed E-state index contributed by atoms with van der Waals surface area (Å²) in [5.74, 6) is -0.366. The minimum Gasteiger partial charge on any atom is -0.481 e. The van der Waals surface area contributed by atoms with Crippen molar-refractivity contribution in [1.29, 1.82) is 0 Å². The molecule has 1 aliphatic rings. The molecule has 96 valence electrons. The lowest BCUT2D eigenvalue weighted by atomic mass is 10.0. The largest absolute Gasteiger partial charge is 0.481 e. The molecule has 1 aromatic carbocycles. The zero-order valence-electron chi connectivity index (χ0n) is 10.4. The van der Waals surface area contributed by atoms with Gasteiger partial charge in [-0.05, 0) is 19.1 Å². The molecule has 1 heterocycles. The highest BCUT2D eigenvalue weighted by Gasteiger charge is 2.34. The van der Waals surface area contributed by atoms with Gasteiger partial charge in [0.1, 0.15) is 0 Å². The van der Waals surface area contributed by atoms with Gasteiger partial charge in [-0.2, -0.15) is 0 Å². The molecule has 0 amide bonds. The second kappa shape index (κ2) is 5.44. The van der Waals surface area contributed by atoms with Gasteiger partial charge in [-0.15, -0.1) is 0 Å². The monoisotopic (exact) mass is 264 g/mol. The fourth-order valence-corrected chi connectivity index (χ4v) is 3.22. The molecule has 2 unspecified atom stereocenters. The zero-order chi connectivity index (χ0) is 13.1. The molecule has 1 saturated heterocycles. The van der Waals surface area contributed by atoms with E-state index in [1.165, 1.54) is 0 Å². The molecule has 0 radical (unpaired) electrons. The topological polar surface area (TPSA) is 52.9 Å². The van der Waals surface area contributed by atoms with Gasteiger partial charge in [0.15, 0.2) is 5.17 Å². The molecule has 0 aliphatic carbocycles. The van der Waals surface area contributed by atoms with Crippen molar-refractivity contribution in [3.63, 3.8) is 0 Å². The second-order valence-corrected chi connectivity index (χ2v) is 5.33. The van der Waals surface area contributed by atoms with E-state index in [1.807, 2.05) is 42.3 Å². The van der Waals surface area contributed by atoms with E-state index in [1.54, 1.807) is 18.7 Å². The summed E-state index contributed by atoms with van der Waals surface area (Å²) >= 11 is 1.61. The molecular formula is C13H16N2O2S. The van der Waals surface area contributed by atoms with Crippen LogP contribution in [0.5, 0.6) is 0 Å². The molecule has 0 spiro atoms. The normalized spacial score (nSPS) is 23.3. The maximum Gasteiger partial charge on any atom is 0.308 e. The number of carbonyl (C=O) groups is 1. The third-order valence-corrected chi connectivity index (χ3v) is 4.28. The van der Waals surface area contributed by atoms with Crippen LogP contribution in [0, 0.1) is 5.92 Å². The number of rotatable bonds is 3. The molecule has 1 aliphatic heterocycles. The van der Waals surface area contributed by atoms with Crippen molar-refractivity contribution in [2.24, 2.45) is 10.9 Å². The standard InChI is InChI=1S/C13H16N2O2S/c1-9(12(16)17)11-8-18-13(15(11)2)14-10-6-4-3-5-7-10/h3-7,9,11H,8H2,1-2H3,(H,16,17). The first kappa shape index (κ1) is 13.0. The van der Waals surface area contributed by atoms with Crippen LogP contribution in [0.15, 0.2) is 35.3 Å². The Morgan fingerprint density at radius 2 is 2.17 bits per heavy atom. The number of aliphatic carboxylic acids is 1. The number of amidine groups is 1. The Bertz CT molecular complexity index is 461. The zero-order valence-corrected chi connectivity index (χ0v) is 11.2. The maximum absolute atomic E-state index is 11.0. The number of aliphatic imine (C=N–C) groups is 1. The van der Waals surface area contributed by atoms with Gasteiger partial charge < -0.3 is 10.0 Å². The van der Waals surface area contributed by atoms with E-state index in [9.17, 15) is 4.79 Å². The van der Waals surface area contributed by atoms with Crippen LogP contribution < -0.4 is 0 Å². The van der Waals surface area contributed by atoms with Crippen molar-refractivity contribution in [1.82, 2.24) is 4.90 Å². The second-order valence-electron chi connectivity index (χ2n) is 4.35. The highest BCUT2D eigenvalue weighted by Crippen LogP contribution is 2.29. The highest BCUT2D eigenvalue weighted by molar-refractivity contribution is 8.14. The van der Waals surface area contributed by atoms with Gasteiger partial charge in [0, 0.05) is 12.8 Å². The van der Waals surface area contributed by atoms with Gasteiger partial charge in [0.05, 0.1) is 17.6 Å². The average Bonchev–Trinajstić information content (AvgIpc) is 2.71. The van der Waals surface area contributed by atoms with Gasteiger partial charge in [-0.1, -0.05) is 30.0 Å². The SMILES string of the molecule is CC(C(=O)O)C1CSC(=Nc2ccccc2)N1C. The summed E-state index contributed by atoms with van der Waals surface area (Å²) < 4.78 is 0. The summed E-state index contributed by atoms with van der Waals surface area (Å²) in [5, 5.41) is 9.95. The highest BCUT2D eigenvalue weighted by atomic mass is 32.2. The van der Waals surface area contributed by atoms with Crippen molar-refractivity contribution in [3.05, 3.63) is 30.3 Å². The minimum atomic E-state index is -0.756. The lowest BCUT2D eigenvalue weighted by Crippen LogP contribution is -2.38. The third-order valence-electron chi connectivity index (χ3n) is 3.13. The number of benzene rings is 1. The first-order valence-electron chi connectivity index (χ1n) is 5.82. The fraction of sp³-hybridized carbons (Fsp3) is 0.385. The van der Waals surface area contributed by atoms with E-state index in [4.69, 9.17) is 5.11 Å². The summed E-state index contributed by atoms with van der Waals surface area (Å²) in [6, 6.07) is 9.72. The molecule has 0 aromatic heterocycles. The summed E-state index contributed by atoms with van der Waals surface area (Å²) in [5.41, 5.74) is 0.899. The van der Waals surface area contributed by atoms with Crippen molar-refractivity contribution in [2.75, 3.05) is 12.8 Å². The maximum atomic E-state index is 11.0. The molecule has 5 heteroatoms. The predicted octanol–water partition coefficient (Wildman–Crippen LogP) is 2.44. The Morgan fingerprint density at radius 3 is 2.78 bits per heavy atom. The van der Waals surface area contributed by atoms with Crippen LogP contribution in [0.2, 0.25) is 0 Å². The first-order valence-corrected chi connectivity index (χ1v) is 6.80. The van der Waals surface area contributed by atoms with Crippen LogP contribution in [-0.4, -0.2) is 40.0 Å². The van der Waals surface area contributed by atoms with Crippen LogP contribution in [0.3, 0.4) is 0 Å². The van der Waals surface area contributed by atoms with Gasteiger partial charge in [-0.25, -0.2) is 4.99 Å². The van der Waals surface area contributed by atoms with Crippen LogP contribution in [0.25, 0.3) is 0 Å². The third kappa shape index (κ3) is 2.67. The van der Waals surface area contributed by atoms with Crippen molar-refractivity contribution >= 4 is 28.6 Å². The Labute approximate surface area is 111 Å². The van der Waals surface area contributed by atoms with Crippen molar-refractivity contribution in [3.8, 4) is 0 Å². The molecule has 1 N–H and O–H groups in total. The summed E-state index contributed by atoms with van der Waals surface area (Å²) in [7, 11) is 1.91. The molecule has 0 bridgehead atoms. The Hall–Kier alpha value is -1.49. The Morgan fingerprint density at radius 1 is 1.50 bits per heavy atom. The van der Waals surface area contributed by atoms with E-state index >= 15 is 0 Å². The lowest BCUT2D eigenvalue weighted by molar-refractivity contribution is -0.142. The van der Waals surface area contributed by atoms with Gasteiger partial charge >= 0.3 is 5.97 Å². The van der Waals surface area contributed by atoms with E-state index in [-0.39, 0.29) is 12.0 Å². The van der Waals surface area contributed by atoms with E-state index in [0.717, 1.165) is 16.6 Å². The van der Waals surface area contributed by atoms with Crippen LogP contribution in [0.1, 0.15) is 6.92 Å². The van der Waals surface area contributed by atoms with Gasteiger partial charge in [0.2, 0.25) is 0 Å². The number of thioether (sulfide) groups is 1. The van der Waals surface area contributed by atoms with Gasteiger partial charge in [0.25, 0.3) is 0 Å². The van der Waals surface area contributed by atoms with E-state index < -0.39 is 5.97 Å². The first-order chi connectivity index (χ1) is 8.59. The lowest BCUT2D eigenvalue weighted by Gasteiger charge is -2.23. The number of nitrogens with zero attached hydrogens (tertiary/aromatic N) is 2. The van der Waals surface area contributed by atoms with Crippen LogP contribution >= 0.6 is 11.8 Å². The Kier molecular flexibility index (Phi) is 3.91. The predicted molar refractivity (Wildman–Crippen MR) is 74.3 cm³/mol. The molecule has 2 atom stereocenters. The molecule has 1 fully saturated rings.